The summed E-state index contributed by atoms with van der Waals surface area (Å²) in [6, 6.07) is 5.41. The Labute approximate surface area is 174 Å². The minimum atomic E-state index is -3.43. The first kappa shape index (κ1) is 23.1. The predicted octanol–water partition coefficient (Wildman–Crippen LogP) is 2.12. The van der Waals surface area contributed by atoms with Crippen LogP contribution in [-0.4, -0.2) is 57.3 Å². The molecule has 158 valence electrons. The third-order valence-electron chi connectivity index (χ3n) is 5.51. The van der Waals surface area contributed by atoms with E-state index in [1.165, 1.54) is 5.56 Å². The second-order valence-electron chi connectivity index (χ2n) is 7.45. The summed E-state index contributed by atoms with van der Waals surface area (Å²) in [6.45, 7) is 2.54. The summed E-state index contributed by atoms with van der Waals surface area (Å²) in [6.07, 6.45) is 5.72. The Kier molecular flexibility index (Phi) is 8.74. The lowest BCUT2D eigenvalue weighted by Gasteiger charge is -2.32. The fourth-order valence-electron chi connectivity index (χ4n) is 3.84. The van der Waals surface area contributed by atoms with Gasteiger partial charge in [-0.3, -0.25) is 4.79 Å². The van der Waals surface area contributed by atoms with E-state index < -0.39 is 9.84 Å². The fourth-order valence-corrected chi connectivity index (χ4v) is 5.12. The summed E-state index contributed by atoms with van der Waals surface area (Å²) in [5.41, 5.74) is 7.85. The largest absolute Gasteiger partial charge is 0.378 e. The number of hydrogen-bond donors (Lipinski definition) is 1. The van der Waals surface area contributed by atoms with Gasteiger partial charge in [0, 0.05) is 26.1 Å². The zero-order valence-corrected chi connectivity index (χ0v) is 17.9. The van der Waals surface area contributed by atoms with Crippen molar-refractivity contribution in [1.82, 2.24) is 4.90 Å². The van der Waals surface area contributed by atoms with Crippen LogP contribution in [0, 0.1) is 0 Å². The lowest BCUT2D eigenvalue weighted by molar-refractivity contribution is -0.133. The number of amides is 1. The number of carbonyl (C=O) groups excluding carboxylic acids is 1. The Morgan fingerprint density at radius 3 is 2.61 bits per heavy atom. The third kappa shape index (κ3) is 5.92. The molecule has 28 heavy (non-hydrogen) atoms. The van der Waals surface area contributed by atoms with Gasteiger partial charge < -0.3 is 15.4 Å². The molecular formula is C20H31ClN2O4S. The predicted molar refractivity (Wildman–Crippen MR) is 112 cm³/mol. The highest BCUT2D eigenvalue weighted by molar-refractivity contribution is 7.91. The third-order valence-corrected chi connectivity index (χ3v) is 7.22. The molecule has 1 aliphatic heterocycles. The standard InChI is InChI=1S/C20H30N2O4S.ClH/c21-10-2-13-26-18-7-11-22(12-8-18)20(23)9-14-27(24,25)19-6-5-16-3-1-4-17(16)15-19;/h5-6,15,18H,1-4,7-14,21H2;1H. The highest BCUT2D eigenvalue weighted by Crippen LogP contribution is 2.25. The smallest absolute Gasteiger partial charge is 0.223 e. The number of halogens is 1. The van der Waals surface area contributed by atoms with Crippen molar-refractivity contribution in [2.45, 2.75) is 55.9 Å². The Morgan fingerprint density at radius 2 is 1.89 bits per heavy atom. The van der Waals surface area contributed by atoms with E-state index in [0.717, 1.165) is 44.1 Å². The maximum Gasteiger partial charge on any atom is 0.223 e. The molecule has 0 bridgehead atoms. The molecule has 3 rings (SSSR count). The fraction of sp³-hybridized carbons (Fsp3) is 0.650. The molecule has 6 nitrogen and oxygen atoms in total. The number of rotatable bonds is 8. The number of fused-ring (bicyclic) bond motifs is 1. The molecule has 0 saturated carbocycles. The molecule has 1 amide bonds. The number of ether oxygens (including phenoxy) is 1. The summed E-state index contributed by atoms with van der Waals surface area (Å²) in [5, 5.41) is 0. The normalized spacial score (nSPS) is 17.2. The number of likely N-dealkylation sites (tertiary alicyclic amines) is 1. The number of carbonyl (C=O) groups is 1. The molecule has 2 N–H and O–H groups in total. The molecule has 0 atom stereocenters. The van der Waals surface area contributed by atoms with Gasteiger partial charge in [-0.05, 0) is 68.3 Å². The number of piperidine rings is 1. The van der Waals surface area contributed by atoms with E-state index in [0.29, 0.717) is 31.1 Å². The highest BCUT2D eigenvalue weighted by atomic mass is 35.5. The van der Waals surface area contributed by atoms with Crippen LogP contribution in [-0.2, 0) is 32.2 Å². The lowest BCUT2D eigenvalue weighted by Crippen LogP contribution is -2.41. The van der Waals surface area contributed by atoms with E-state index in [4.69, 9.17) is 10.5 Å². The van der Waals surface area contributed by atoms with Crippen molar-refractivity contribution in [2.75, 3.05) is 32.0 Å². The summed E-state index contributed by atoms with van der Waals surface area (Å²) >= 11 is 0. The summed E-state index contributed by atoms with van der Waals surface area (Å²) < 4.78 is 31.0. The van der Waals surface area contributed by atoms with Crippen LogP contribution in [0.15, 0.2) is 23.1 Å². The average Bonchev–Trinajstić information content (AvgIpc) is 3.15. The molecule has 1 heterocycles. The molecule has 1 saturated heterocycles. The second kappa shape index (κ2) is 10.6. The van der Waals surface area contributed by atoms with Crippen molar-refractivity contribution in [3.8, 4) is 0 Å². The van der Waals surface area contributed by atoms with E-state index in [1.54, 1.807) is 17.0 Å². The van der Waals surface area contributed by atoms with Crippen LogP contribution in [0.5, 0.6) is 0 Å². The summed E-state index contributed by atoms with van der Waals surface area (Å²) in [5.74, 6) is -0.211. The molecule has 0 spiro atoms. The number of sulfone groups is 1. The highest BCUT2D eigenvalue weighted by Gasteiger charge is 2.25. The van der Waals surface area contributed by atoms with Crippen molar-refractivity contribution in [3.63, 3.8) is 0 Å². The van der Waals surface area contributed by atoms with Crippen molar-refractivity contribution >= 4 is 28.2 Å². The maximum absolute atomic E-state index is 12.6. The molecule has 0 radical (unpaired) electrons. The van der Waals surface area contributed by atoms with E-state index in [1.807, 2.05) is 6.07 Å². The first-order valence-corrected chi connectivity index (χ1v) is 11.6. The van der Waals surface area contributed by atoms with Crippen molar-refractivity contribution in [1.29, 1.82) is 0 Å². The second-order valence-corrected chi connectivity index (χ2v) is 9.56. The van der Waals surface area contributed by atoms with E-state index in [-0.39, 0.29) is 36.6 Å². The number of nitrogens with two attached hydrogens (primary N) is 1. The Bertz CT molecular complexity index is 761. The van der Waals surface area contributed by atoms with Crippen molar-refractivity contribution in [2.24, 2.45) is 5.73 Å². The zero-order chi connectivity index (χ0) is 19.3. The summed E-state index contributed by atoms with van der Waals surface area (Å²) in [7, 11) is -3.43. The minimum absolute atomic E-state index is 0. The van der Waals surface area contributed by atoms with Gasteiger partial charge >= 0.3 is 0 Å². The lowest BCUT2D eigenvalue weighted by atomic mass is 10.1. The first-order chi connectivity index (χ1) is 13.0. The monoisotopic (exact) mass is 430 g/mol. The number of hydrogen-bond acceptors (Lipinski definition) is 5. The minimum Gasteiger partial charge on any atom is -0.378 e. The Balaban J connectivity index is 0.00000280. The van der Waals surface area contributed by atoms with Crippen LogP contribution < -0.4 is 5.73 Å². The zero-order valence-electron chi connectivity index (χ0n) is 16.3. The molecule has 8 heteroatoms. The van der Waals surface area contributed by atoms with E-state index >= 15 is 0 Å². The molecule has 1 aromatic rings. The Morgan fingerprint density at radius 1 is 1.18 bits per heavy atom. The van der Waals surface area contributed by atoms with Crippen LogP contribution in [0.3, 0.4) is 0 Å². The topological polar surface area (TPSA) is 89.7 Å². The van der Waals surface area contributed by atoms with E-state index in [9.17, 15) is 13.2 Å². The molecule has 2 aliphatic rings. The molecular weight excluding hydrogens is 400 g/mol. The van der Waals surface area contributed by atoms with Gasteiger partial charge in [0.2, 0.25) is 5.91 Å². The van der Waals surface area contributed by atoms with Gasteiger partial charge in [-0.1, -0.05) is 6.07 Å². The van der Waals surface area contributed by atoms with Crippen molar-refractivity contribution < 1.29 is 17.9 Å². The number of nitrogens with zero attached hydrogens (tertiary/aromatic N) is 1. The number of benzene rings is 1. The van der Waals surface area contributed by atoms with Gasteiger partial charge in [-0.25, -0.2) is 8.42 Å². The van der Waals surface area contributed by atoms with Crippen LogP contribution >= 0.6 is 12.4 Å². The quantitative estimate of drug-likeness (QED) is 0.638. The van der Waals surface area contributed by atoms with Gasteiger partial charge in [-0.15, -0.1) is 12.4 Å². The van der Waals surface area contributed by atoms with Crippen LogP contribution in [0.1, 0.15) is 43.2 Å². The van der Waals surface area contributed by atoms with E-state index in [2.05, 4.69) is 0 Å². The van der Waals surface area contributed by atoms with Gasteiger partial charge in [0.15, 0.2) is 9.84 Å². The molecule has 0 aromatic heterocycles. The average molecular weight is 431 g/mol. The molecule has 0 unspecified atom stereocenters. The van der Waals surface area contributed by atoms with Crippen LogP contribution in [0.4, 0.5) is 0 Å². The van der Waals surface area contributed by atoms with Gasteiger partial charge in [0.1, 0.15) is 0 Å². The SMILES string of the molecule is Cl.NCCCOC1CCN(C(=O)CCS(=O)(=O)c2ccc3c(c2)CCC3)CC1. The van der Waals surface area contributed by atoms with Gasteiger partial charge in [-0.2, -0.15) is 0 Å². The van der Waals surface area contributed by atoms with Gasteiger partial charge in [0.05, 0.1) is 16.8 Å². The summed E-state index contributed by atoms with van der Waals surface area (Å²) in [4.78, 5) is 14.5. The number of aryl methyl sites for hydroxylation is 2. The molecule has 1 fully saturated rings. The maximum atomic E-state index is 12.6. The Hall–Kier alpha value is -1.15. The van der Waals surface area contributed by atoms with Crippen LogP contribution in [0.2, 0.25) is 0 Å². The molecule has 1 aromatic carbocycles. The first-order valence-electron chi connectivity index (χ1n) is 9.93. The molecule has 1 aliphatic carbocycles. The van der Waals surface area contributed by atoms with Crippen LogP contribution in [0.25, 0.3) is 0 Å². The van der Waals surface area contributed by atoms with Gasteiger partial charge in [0.25, 0.3) is 0 Å². The van der Waals surface area contributed by atoms with Crippen molar-refractivity contribution in [3.05, 3.63) is 29.3 Å².